The molecule has 1 aromatic rings. The highest BCUT2D eigenvalue weighted by Gasteiger charge is 2.19. The van der Waals surface area contributed by atoms with Gasteiger partial charge < -0.3 is 15.8 Å². The predicted molar refractivity (Wildman–Crippen MR) is 86.9 cm³/mol. The van der Waals surface area contributed by atoms with Gasteiger partial charge in [0.25, 0.3) is 5.91 Å². The van der Waals surface area contributed by atoms with Gasteiger partial charge in [-0.05, 0) is 31.0 Å². The van der Waals surface area contributed by atoms with Crippen LogP contribution in [0.4, 0.5) is 0 Å². The summed E-state index contributed by atoms with van der Waals surface area (Å²) in [4.78, 5) is 11.3. The number of carbonyl (C=O) groups excluding carboxylic acids is 1. The Hall–Kier alpha value is -0.970. The van der Waals surface area contributed by atoms with Gasteiger partial charge in [-0.15, -0.1) is 0 Å². The van der Waals surface area contributed by atoms with Crippen molar-refractivity contribution in [1.82, 2.24) is 5.32 Å². The quantitative estimate of drug-likeness (QED) is 0.766. The van der Waals surface area contributed by atoms with Crippen LogP contribution in [-0.4, -0.2) is 18.6 Å². The van der Waals surface area contributed by atoms with Crippen molar-refractivity contribution in [3.05, 3.63) is 27.7 Å². The van der Waals surface area contributed by atoms with E-state index in [4.69, 9.17) is 33.7 Å². The number of benzene rings is 1. The molecular formula is C15H22Cl2N2O2. The minimum atomic E-state index is -0.701. The molecule has 1 atom stereocenters. The Morgan fingerprint density at radius 3 is 2.57 bits per heavy atom. The van der Waals surface area contributed by atoms with Gasteiger partial charge in [0, 0.05) is 17.1 Å². The molecule has 1 amide bonds. The zero-order chi connectivity index (χ0) is 16.0. The first-order valence-electron chi connectivity index (χ1n) is 6.99. The van der Waals surface area contributed by atoms with E-state index in [0.29, 0.717) is 34.7 Å². The monoisotopic (exact) mass is 332 g/mol. The standard InChI is InChI=1S/C15H22Cl2N2O2/c1-4-13(15(18)20)21-14-10(8-19-7-9(2)3)5-11(16)6-12(14)17/h5-6,9,13,19H,4,7-8H2,1-3H3,(H2,18,20). The number of halogens is 2. The first-order valence-corrected chi connectivity index (χ1v) is 7.75. The summed E-state index contributed by atoms with van der Waals surface area (Å²) in [6.45, 7) is 7.49. The largest absolute Gasteiger partial charge is 0.479 e. The zero-order valence-corrected chi connectivity index (χ0v) is 14.1. The van der Waals surface area contributed by atoms with E-state index >= 15 is 0 Å². The van der Waals surface area contributed by atoms with E-state index < -0.39 is 12.0 Å². The predicted octanol–water partition coefficient (Wildman–Crippen LogP) is 3.38. The normalized spacial score (nSPS) is 12.5. The Kier molecular flexibility index (Phi) is 7.29. The molecule has 0 aliphatic rings. The summed E-state index contributed by atoms with van der Waals surface area (Å²) < 4.78 is 5.69. The number of carbonyl (C=O) groups is 1. The van der Waals surface area contributed by atoms with Crippen LogP contribution in [0.15, 0.2) is 12.1 Å². The zero-order valence-electron chi connectivity index (χ0n) is 12.6. The molecule has 0 aliphatic carbocycles. The summed E-state index contributed by atoms with van der Waals surface area (Å²) in [5.41, 5.74) is 6.13. The summed E-state index contributed by atoms with van der Waals surface area (Å²) in [5.74, 6) is 0.477. The maximum atomic E-state index is 11.3. The minimum absolute atomic E-state index is 0.378. The molecule has 0 bridgehead atoms. The molecule has 21 heavy (non-hydrogen) atoms. The van der Waals surface area contributed by atoms with Gasteiger partial charge in [0.05, 0.1) is 5.02 Å². The summed E-state index contributed by atoms with van der Waals surface area (Å²) in [6.07, 6.45) is -0.222. The average molecular weight is 333 g/mol. The second-order valence-corrected chi connectivity index (χ2v) is 6.16. The number of nitrogens with two attached hydrogens (primary N) is 1. The fourth-order valence-electron chi connectivity index (χ4n) is 1.86. The molecule has 0 aliphatic heterocycles. The molecule has 1 rings (SSSR count). The van der Waals surface area contributed by atoms with Crippen LogP contribution in [0, 0.1) is 5.92 Å². The SMILES string of the molecule is CCC(Oc1c(Cl)cc(Cl)cc1CNCC(C)C)C(N)=O. The number of nitrogens with one attached hydrogen (secondary N) is 1. The molecule has 0 fully saturated rings. The van der Waals surface area contributed by atoms with Gasteiger partial charge >= 0.3 is 0 Å². The van der Waals surface area contributed by atoms with Crippen LogP contribution in [0.3, 0.4) is 0 Å². The lowest BCUT2D eigenvalue weighted by Crippen LogP contribution is -2.33. The number of hydrogen-bond donors (Lipinski definition) is 2. The van der Waals surface area contributed by atoms with Gasteiger partial charge in [0.2, 0.25) is 0 Å². The molecule has 118 valence electrons. The van der Waals surface area contributed by atoms with Gasteiger partial charge in [-0.3, -0.25) is 4.79 Å². The van der Waals surface area contributed by atoms with Crippen molar-refractivity contribution < 1.29 is 9.53 Å². The lowest BCUT2D eigenvalue weighted by Gasteiger charge is -2.19. The van der Waals surface area contributed by atoms with Crippen molar-refractivity contribution in [2.75, 3.05) is 6.54 Å². The highest BCUT2D eigenvalue weighted by atomic mass is 35.5. The van der Waals surface area contributed by atoms with Crippen LogP contribution in [0.1, 0.15) is 32.8 Å². The summed E-state index contributed by atoms with van der Waals surface area (Å²) >= 11 is 12.2. The van der Waals surface area contributed by atoms with E-state index in [-0.39, 0.29) is 0 Å². The van der Waals surface area contributed by atoms with Crippen LogP contribution >= 0.6 is 23.2 Å². The number of primary amides is 1. The molecule has 0 heterocycles. The lowest BCUT2D eigenvalue weighted by molar-refractivity contribution is -0.124. The van der Waals surface area contributed by atoms with Crippen molar-refractivity contribution >= 4 is 29.1 Å². The third-order valence-electron chi connectivity index (χ3n) is 2.90. The smallest absolute Gasteiger partial charge is 0.258 e. The van der Waals surface area contributed by atoms with E-state index in [2.05, 4.69) is 19.2 Å². The fourth-order valence-corrected chi connectivity index (χ4v) is 2.44. The van der Waals surface area contributed by atoms with Gasteiger partial charge in [0.15, 0.2) is 6.10 Å². The number of ether oxygens (including phenoxy) is 1. The van der Waals surface area contributed by atoms with E-state index in [0.717, 1.165) is 12.1 Å². The summed E-state index contributed by atoms with van der Waals surface area (Å²) in [7, 11) is 0. The van der Waals surface area contributed by atoms with Crippen molar-refractivity contribution in [1.29, 1.82) is 0 Å². The van der Waals surface area contributed by atoms with Crippen LogP contribution in [0.5, 0.6) is 5.75 Å². The maximum Gasteiger partial charge on any atom is 0.258 e. The van der Waals surface area contributed by atoms with Crippen LogP contribution in [-0.2, 0) is 11.3 Å². The Morgan fingerprint density at radius 2 is 2.05 bits per heavy atom. The molecule has 4 nitrogen and oxygen atoms in total. The fraction of sp³-hybridized carbons (Fsp3) is 0.533. The maximum absolute atomic E-state index is 11.3. The first kappa shape index (κ1) is 18.1. The second-order valence-electron chi connectivity index (χ2n) is 5.32. The topological polar surface area (TPSA) is 64.3 Å². The molecule has 1 unspecified atom stereocenters. The second kappa shape index (κ2) is 8.47. The van der Waals surface area contributed by atoms with Crippen molar-refractivity contribution in [2.45, 2.75) is 39.8 Å². The van der Waals surface area contributed by atoms with Crippen LogP contribution in [0.2, 0.25) is 10.0 Å². The van der Waals surface area contributed by atoms with Crippen LogP contribution in [0.25, 0.3) is 0 Å². The van der Waals surface area contributed by atoms with Gasteiger partial charge in [-0.1, -0.05) is 44.0 Å². The Balaban J connectivity index is 2.96. The molecule has 6 heteroatoms. The molecule has 1 aromatic carbocycles. The third-order valence-corrected chi connectivity index (χ3v) is 3.40. The Labute approximate surface area is 135 Å². The lowest BCUT2D eigenvalue weighted by atomic mass is 10.1. The molecule has 3 N–H and O–H groups in total. The van der Waals surface area contributed by atoms with Crippen LogP contribution < -0.4 is 15.8 Å². The number of amides is 1. The Morgan fingerprint density at radius 1 is 1.38 bits per heavy atom. The number of hydrogen-bond acceptors (Lipinski definition) is 3. The van der Waals surface area contributed by atoms with Crippen molar-refractivity contribution in [3.8, 4) is 5.75 Å². The average Bonchev–Trinajstić information content (AvgIpc) is 2.36. The summed E-state index contributed by atoms with van der Waals surface area (Å²) in [5, 5.41) is 4.21. The minimum Gasteiger partial charge on any atom is -0.479 e. The van der Waals surface area contributed by atoms with E-state index in [1.54, 1.807) is 12.1 Å². The van der Waals surface area contributed by atoms with E-state index in [1.807, 2.05) is 6.92 Å². The van der Waals surface area contributed by atoms with Crippen molar-refractivity contribution in [2.24, 2.45) is 11.7 Å². The van der Waals surface area contributed by atoms with Gasteiger partial charge in [0.1, 0.15) is 5.75 Å². The molecular weight excluding hydrogens is 311 g/mol. The Bertz CT molecular complexity index is 493. The summed E-state index contributed by atoms with van der Waals surface area (Å²) in [6, 6.07) is 3.38. The molecule has 0 radical (unpaired) electrons. The third kappa shape index (κ3) is 5.73. The highest BCUT2D eigenvalue weighted by molar-refractivity contribution is 6.35. The molecule has 0 spiro atoms. The molecule has 0 saturated heterocycles. The van der Waals surface area contributed by atoms with E-state index in [9.17, 15) is 4.79 Å². The van der Waals surface area contributed by atoms with Gasteiger partial charge in [-0.25, -0.2) is 0 Å². The van der Waals surface area contributed by atoms with E-state index in [1.165, 1.54) is 0 Å². The van der Waals surface area contributed by atoms with Gasteiger partial charge in [-0.2, -0.15) is 0 Å². The highest BCUT2D eigenvalue weighted by Crippen LogP contribution is 2.33. The molecule has 0 aromatic heterocycles. The molecule has 0 saturated carbocycles. The number of rotatable bonds is 8. The van der Waals surface area contributed by atoms with Crippen molar-refractivity contribution in [3.63, 3.8) is 0 Å². The first-order chi connectivity index (χ1) is 9.85.